The van der Waals surface area contributed by atoms with Gasteiger partial charge in [-0.3, -0.25) is 9.59 Å². The van der Waals surface area contributed by atoms with Crippen molar-refractivity contribution in [1.29, 1.82) is 0 Å². The number of carbonyl (C=O) groups is 2. The van der Waals surface area contributed by atoms with Gasteiger partial charge >= 0.3 is 5.97 Å². The fraction of sp³-hybridized carbons (Fsp3) is 0.375. The third-order valence-corrected chi connectivity index (χ3v) is 4.26. The second kappa shape index (κ2) is 7.62. The Balaban J connectivity index is 1.68. The summed E-state index contributed by atoms with van der Waals surface area (Å²) in [6.45, 7) is 0.799. The molecule has 2 heterocycles. The molecule has 2 aromatic rings. The zero-order valence-corrected chi connectivity index (χ0v) is 14.0. The lowest BCUT2D eigenvalue weighted by Crippen LogP contribution is -2.46. The lowest BCUT2D eigenvalue weighted by atomic mass is 9.92. The van der Waals surface area contributed by atoms with Gasteiger partial charge in [0.15, 0.2) is 5.69 Å². The maximum Gasteiger partial charge on any atom is 0.303 e. The van der Waals surface area contributed by atoms with Crippen LogP contribution in [0.2, 0.25) is 5.02 Å². The van der Waals surface area contributed by atoms with Crippen molar-refractivity contribution in [1.82, 2.24) is 20.3 Å². The largest absolute Gasteiger partial charge is 0.481 e. The molecule has 1 fully saturated rings. The highest BCUT2D eigenvalue weighted by Crippen LogP contribution is 2.19. The van der Waals surface area contributed by atoms with E-state index in [1.54, 1.807) is 24.3 Å². The van der Waals surface area contributed by atoms with Gasteiger partial charge in [-0.2, -0.15) is 9.90 Å². The zero-order chi connectivity index (χ0) is 17.8. The first-order valence-electron chi connectivity index (χ1n) is 7.81. The number of carboxylic acids is 1. The summed E-state index contributed by atoms with van der Waals surface area (Å²) < 4.78 is 5.31. The number of nitrogens with zero attached hydrogens (tertiary/aromatic N) is 3. The Morgan fingerprint density at radius 1 is 1.36 bits per heavy atom. The van der Waals surface area contributed by atoms with Gasteiger partial charge in [0.2, 0.25) is 0 Å². The molecule has 0 aliphatic carbocycles. The molecule has 1 aromatic heterocycles. The molecule has 1 amide bonds. The first-order valence-corrected chi connectivity index (χ1v) is 8.19. The topological polar surface area (TPSA) is 106 Å². The van der Waals surface area contributed by atoms with E-state index in [-0.39, 0.29) is 30.0 Å². The lowest BCUT2D eigenvalue weighted by Gasteiger charge is -2.30. The van der Waals surface area contributed by atoms with Crippen LogP contribution in [0.4, 0.5) is 0 Å². The van der Waals surface area contributed by atoms with Crippen molar-refractivity contribution < 1.29 is 19.4 Å². The first-order chi connectivity index (χ1) is 12.0. The molecule has 0 saturated carbocycles. The number of amides is 1. The molecular weight excluding hydrogens is 348 g/mol. The van der Waals surface area contributed by atoms with Gasteiger partial charge in [-0.1, -0.05) is 11.6 Å². The van der Waals surface area contributed by atoms with Gasteiger partial charge in [0.25, 0.3) is 5.91 Å². The quantitative estimate of drug-likeness (QED) is 0.833. The number of hydrogen-bond acceptors (Lipinski definition) is 5. The molecule has 25 heavy (non-hydrogen) atoms. The molecular formula is C16H17ClN4O4. The highest BCUT2D eigenvalue weighted by atomic mass is 35.5. The third kappa shape index (κ3) is 4.34. The van der Waals surface area contributed by atoms with Gasteiger partial charge in [0.1, 0.15) is 0 Å². The van der Waals surface area contributed by atoms with E-state index in [9.17, 15) is 9.59 Å². The summed E-state index contributed by atoms with van der Waals surface area (Å²) in [6, 6.07) is 6.63. The molecule has 132 valence electrons. The second-order valence-electron chi connectivity index (χ2n) is 5.80. The van der Waals surface area contributed by atoms with Crippen LogP contribution in [0.5, 0.6) is 0 Å². The van der Waals surface area contributed by atoms with Crippen LogP contribution in [0, 0.1) is 5.92 Å². The average Bonchev–Trinajstić information content (AvgIpc) is 3.07. The number of rotatable bonds is 5. The van der Waals surface area contributed by atoms with Gasteiger partial charge in [-0.15, -0.1) is 5.10 Å². The minimum Gasteiger partial charge on any atom is -0.481 e. The Morgan fingerprint density at radius 2 is 2.12 bits per heavy atom. The third-order valence-electron chi connectivity index (χ3n) is 4.01. The van der Waals surface area contributed by atoms with Crippen LogP contribution in [0.15, 0.2) is 30.5 Å². The number of carbonyl (C=O) groups excluding carboxylic acids is 1. The van der Waals surface area contributed by atoms with Crippen molar-refractivity contribution >= 4 is 23.5 Å². The van der Waals surface area contributed by atoms with Crippen molar-refractivity contribution in [2.24, 2.45) is 5.92 Å². The molecule has 0 spiro atoms. The van der Waals surface area contributed by atoms with Crippen molar-refractivity contribution in [3.8, 4) is 5.69 Å². The van der Waals surface area contributed by atoms with Crippen LogP contribution >= 0.6 is 11.6 Å². The van der Waals surface area contributed by atoms with Gasteiger partial charge < -0.3 is 15.2 Å². The molecule has 1 aliphatic rings. The standard InChI is InChI=1S/C16H17ClN4O4/c17-11-1-3-12(4-2-11)21-18-8-14(20-21)16(24)19-13-5-6-25-9-10(13)7-15(22)23/h1-4,8,10,13H,5-7,9H2,(H,19,24)(H,22,23). The fourth-order valence-corrected chi connectivity index (χ4v) is 2.85. The minimum atomic E-state index is -0.913. The number of ether oxygens (including phenoxy) is 1. The van der Waals surface area contributed by atoms with Gasteiger partial charge in [0.05, 0.1) is 24.9 Å². The zero-order valence-electron chi connectivity index (χ0n) is 13.3. The monoisotopic (exact) mass is 364 g/mol. The first kappa shape index (κ1) is 17.4. The summed E-state index contributed by atoms with van der Waals surface area (Å²) in [7, 11) is 0. The van der Waals surface area contributed by atoms with Gasteiger partial charge in [0, 0.05) is 23.6 Å². The molecule has 1 aromatic carbocycles. The number of hydrogen-bond donors (Lipinski definition) is 2. The summed E-state index contributed by atoms with van der Waals surface area (Å²) in [5.74, 6) is -1.56. The van der Waals surface area contributed by atoms with Crippen molar-refractivity contribution in [2.45, 2.75) is 18.9 Å². The summed E-state index contributed by atoms with van der Waals surface area (Å²) in [5, 5.41) is 20.7. The summed E-state index contributed by atoms with van der Waals surface area (Å²) >= 11 is 5.85. The van der Waals surface area contributed by atoms with Gasteiger partial charge in [-0.05, 0) is 30.7 Å². The Hall–Kier alpha value is -2.45. The van der Waals surface area contributed by atoms with Crippen LogP contribution in [-0.2, 0) is 9.53 Å². The van der Waals surface area contributed by atoms with E-state index < -0.39 is 5.97 Å². The molecule has 8 nitrogen and oxygen atoms in total. The van der Waals surface area contributed by atoms with Crippen molar-refractivity contribution in [3.63, 3.8) is 0 Å². The van der Waals surface area contributed by atoms with E-state index in [0.717, 1.165) is 0 Å². The van der Waals surface area contributed by atoms with Crippen LogP contribution < -0.4 is 5.32 Å². The Kier molecular flexibility index (Phi) is 5.30. The van der Waals surface area contributed by atoms with Crippen LogP contribution in [0.25, 0.3) is 5.69 Å². The SMILES string of the molecule is O=C(O)CC1COCCC1NC(=O)c1cnn(-c2ccc(Cl)cc2)n1. The summed E-state index contributed by atoms with van der Waals surface area (Å²) in [4.78, 5) is 24.7. The van der Waals surface area contributed by atoms with Gasteiger partial charge in [-0.25, -0.2) is 0 Å². The maximum atomic E-state index is 12.4. The molecule has 1 saturated heterocycles. The Bertz CT molecular complexity index is 762. The van der Waals surface area contributed by atoms with E-state index in [1.807, 2.05) is 0 Å². The number of benzene rings is 1. The van der Waals surface area contributed by atoms with E-state index in [2.05, 4.69) is 15.5 Å². The Morgan fingerprint density at radius 3 is 2.84 bits per heavy atom. The van der Waals surface area contributed by atoms with Crippen LogP contribution in [0.3, 0.4) is 0 Å². The van der Waals surface area contributed by atoms with Crippen LogP contribution in [-0.4, -0.2) is 51.2 Å². The number of halogens is 1. The molecule has 2 unspecified atom stereocenters. The maximum absolute atomic E-state index is 12.4. The van der Waals surface area contributed by atoms with Crippen LogP contribution in [0.1, 0.15) is 23.3 Å². The van der Waals surface area contributed by atoms with Crippen molar-refractivity contribution in [2.75, 3.05) is 13.2 Å². The molecule has 1 aliphatic heterocycles. The predicted octanol–water partition coefficient (Wildman–Crippen LogP) is 1.53. The molecule has 0 radical (unpaired) electrons. The molecule has 3 rings (SSSR count). The van der Waals surface area contributed by atoms with E-state index in [4.69, 9.17) is 21.4 Å². The minimum absolute atomic E-state index is 0.0532. The normalized spacial score (nSPS) is 20.2. The molecule has 2 atom stereocenters. The number of aliphatic carboxylic acids is 1. The van der Waals surface area contributed by atoms with E-state index in [0.29, 0.717) is 30.3 Å². The average molecular weight is 365 g/mol. The highest BCUT2D eigenvalue weighted by Gasteiger charge is 2.29. The predicted molar refractivity (Wildman–Crippen MR) is 88.8 cm³/mol. The number of nitrogens with one attached hydrogen (secondary N) is 1. The highest BCUT2D eigenvalue weighted by molar-refractivity contribution is 6.30. The molecule has 2 N–H and O–H groups in total. The number of aromatic nitrogens is 3. The second-order valence-corrected chi connectivity index (χ2v) is 6.23. The smallest absolute Gasteiger partial charge is 0.303 e. The van der Waals surface area contributed by atoms with E-state index >= 15 is 0 Å². The fourth-order valence-electron chi connectivity index (χ4n) is 2.72. The van der Waals surface area contributed by atoms with E-state index in [1.165, 1.54) is 11.0 Å². The lowest BCUT2D eigenvalue weighted by molar-refractivity contribution is -0.139. The molecule has 0 bridgehead atoms. The summed E-state index contributed by atoms with van der Waals surface area (Å²) in [5.41, 5.74) is 0.841. The summed E-state index contributed by atoms with van der Waals surface area (Å²) in [6.07, 6.45) is 1.88. The number of carboxylic acid groups (broad SMARTS) is 1. The Labute approximate surface area is 148 Å². The molecule has 9 heteroatoms. The van der Waals surface area contributed by atoms with Crippen molar-refractivity contribution in [3.05, 3.63) is 41.2 Å².